The van der Waals surface area contributed by atoms with Gasteiger partial charge in [-0.05, 0) is 0 Å². The summed E-state index contributed by atoms with van der Waals surface area (Å²) in [5.41, 5.74) is 3.62. The van der Waals surface area contributed by atoms with Crippen LogP contribution in [0.15, 0.2) is 0 Å². The van der Waals surface area contributed by atoms with Crippen LogP contribution in [0.2, 0.25) is 0 Å². The van der Waals surface area contributed by atoms with Gasteiger partial charge in [0.1, 0.15) is 0 Å². The van der Waals surface area contributed by atoms with Crippen molar-refractivity contribution in [2.45, 2.75) is 12.8 Å². The SMILES string of the molecule is C#CCC(C#N)(CC#C)C(N)=O. The lowest BCUT2D eigenvalue weighted by Gasteiger charge is -2.16. The van der Waals surface area contributed by atoms with Crippen molar-refractivity contribution in [2.24, 2.45) is 11.1 Å². The number of rotatable bonds is 3. The molecule has 0 unspecified atom stereocenters. The lowest BCUT2D eigenvalue weighted by atomic mass is 9.82. The summed E-state index contributed by atoms with van der Waals surface area (Å²) in [5, 5.41) is 8.67. The maximum absolute atomic E-state index is 10.8. The van der Waals surface area contributed by atoms with E-state index in [0.29, 0.717) is 0 Å². The van der Waals surface area contributed by atoms with Crippen molar-refractivity contribution >= 4 is 5.91 Å². The van der Waals surface area contributed by atoms with Gasteiger partial charge in [-0.25, -0.2) is 0 Å². The molecule has 0 aliphatic carbocycles. The van der Waals surface area contributed by atoms with E-state index in [-0.39, 0.29) is 12.8 Å². The molecule has 0 spiro atoms. The van der Waals surface area contributed by atoms with Crippen LogP contribution in [-0.2, 0) is 4.79 Å². The first-order valence-electron chi connectivity index (χ1n) is 3.21. The topological polar surface area (TPSA) is 66.9 Å². The van der Waals surface area contributed by atoms with E-state index < -0.39 is 11.3 Å². The number of nitrogens with zero attached hydrogens (tertiary/aromatic N) is 1. The molecule has 3 heteroatoms. The summed E-state index contributed by atoms with van der Waals surface area (Å²) in [5.74, 6) is 3.65. The van der Waals surface area contributed by atoms with Crippen LogP contribution >= 0.6 is 0 Å². The van der Waals surface area contributed by atoms with Crippen LogP contribution in [0.5, 0.6) is 0 Å². The fourth-order valence-corrected chi connectivity index (χ4v) is 0.719. The van der Waals surface area contributed by atoms with Crippen molar-refractivity contribution in [1.82, 2.24) is 0 Å². The molecule has 0 saturated carbocycles. The minimum atomic E-state index is -1.39. The Balaban J connectivity index is 4.84. The van der Waals surface area contributed by atoms with Gasteiger partial charge >= 0.3 is 0 Å². The summed E-state index contributed by atoms with van der Waals surface area (Å²) >= 11 is 0. The van der Waals surface area contributed by atoms with Crippen LogP contribution in [0.1, 0.15) is 12.8 Å². The molecule has 0 heterocycles. The molecule has 0 aliphatic heterocycles. The van der Waals surface area contributed by atoms with Crippen molar-refractivity contribution in [3.05, 3.63) is 0 Å². The lowest BCUT2D eigenvalue weighted by Crippen LogP contribution is -2.35. The minimum absolute atomic E-state index is 0.0387. The molecule has 0 aromatic rings. The average molecular weight is 160 g/mol. The number of primary amides is 1. The molecule has 0 aromatic carbocycles. The Morgan fingerprint density at radius 3 is 2.00 bits per heavy atom. The summed E-state index contributed by atoms with van der Waals surface area (Å²) in [6.07, 6.45) is 9.88. The van der Waals surface area contributed by atoms with Crippen LogP contribution < -0.4 is 5.73 Å². The van der Waals surface area contributed by atoms with Crippen LogP contribution in [0.4, 0.5) is 0 Å². The molecule has 0 aliphatic rings. The highest BCUT2D eigenvalue weighted by Crippen LogP contribution is 2.23. The third-order valence-electron chi connectivity index (χ3n) is 1.49. The molecule has 0 rings (SSSR count). The summed E-state index contributed by atoms with van der Waals surface area (Å²) in [6, 6.07) is 1.76. The highest BCUT2D eigenvalue weighted by Gasteiger charge is 2.35. The number of carbonyl (C=O) groups is 1. The van der Waals surface area contributed by atoms with E-state index in [1.54, 1.807) is 6.07 Å². The van der Waals surface area contributed by atoms with Gasteiger partial charge in [-0.1, -0.05) is 0 Å². The molecule has 12 heavy (non-hydrogen) atoms. The van der Waals surface area contributed by atoms with Crippen molar-refractivity contribution in [1.29, 1.82) is 5.26 Å². The van der Waals surface area contributed by atoms with E-state index in [0.717, 1.165) is 0 Å². The smallest absolute Gasteiger partial charge is 0.239 e. The first-order chi connectivity index (χ1) is 5.63. The second kappa shape index (κ2) is 4.06. The monoisotopic (exact) mass is 160 g/mol. The fourth-order valence-electron chi connectivity index (χ4n) is 0.719. The van der Waals surface area contributed by atoms with Crippen LogP contribution in [-0.4, -0.2) is 5.91 Å². The Kier molecular flexibility index (Phi) is 3.41. The molecule has 0 saturated heterocycles. The average Bonchev–Trinajstić information content (AvgIpc) is 2.03. The fraction of sp³-hybridized carbons (Fsp3) is 0.333. The molecule has 0 atom stereocenters. The second-order valence-electron chi connectivity index (χ2n) is 2.32. The predicted octanol–water partition coefficient (Wildman–Crippen LogP) is 0.0283. The zero-order valence-electron chi connectivity index (χ0n) is 6.50. The van der Waals surface area contributed by atoms with Gasteiger partial charge in [0.15, 0.2) is 5.41 Å². The van der Waals surface area contributed by atoms with Crippen LogP contribution in [0.25, 0.3) is 0 Å². The van der Waals surface area contributed by atoms with E-state index in [1.165, 1.54) is 0 Å². The number of hydrogen-bond acceptors (Lipinski definition) is 2. The maximum atomic E-state index is 10.8. The van der Waals surface area contributed by atoms with Gasteiger partial charge in [-0.3, -0.25) is 4.79 Å². The zero-order chi connectivity index (χ0) is 9.61. The van der Waals surface area contributed by atoms with Crippen molar-refractivity contribution in [2.75, 3.05) is 0 Å². The predicted molar refractivity (Wildman–Crippen MR) is 44.1 cm³/mol. The van der Waals surface area contributed by atoms with Gasteiger partial charge < -0.3 is 5.73 Å². The number of nitrogens with two attached hydrogens (primary N) is 1. The first kappa shape index (κ1) is 10.1. The van der Waals surface area contributed by atoms with E-state index in [2.05, 4.69) is 11.8 Å². The van der Waals surface area contributed by atoms with Crippen molar-refractivity contribution < 1.29 is 4.79 Å². The molecular formula is C9H8N2O. The Bertz CT molecular complexity index is 282. The van der Waals surface area contributed by atoms with E-state index in [9.17, 15) is 4.79 Å². The van der Waals surface area contributed by atoms with Crippen molar-refractivity contribution in [3.63, 3.8) is 0 Å². The van der Waals surface area contributed by atoms with E-state index in [4.69, 9.17) is 23.8 Å². The van der Waals surface area contributed by atoms with Crippen LogP contribution in [0.3, 0.4) is 0 Å². The van der Waals surface area contributed by atoms with Gasteiger partial charge in [0, 0.05) is 12.8 Å². The summed E-state index contributed by atoms with van der Waals surface area (Å²) in [7, 11) is 0. The highest BCUT2D eigenvalue weighted by molar-refractivity contribution is 5.84. The number of carbonyl (C=O) groups excluding carboxylic acids is 1. The standard InChI is InChI=1S/C9H8N2O/c1-3-5-9(7-10,6-4-2)8(11)12/h1-2H,5-6H2,(H2,11,12). The quantitative estimate of drug-likeness (QED) is 0.592. The minimum Gasteiger partial charge on any atom is -0.368 e. The van der Waals surface area contributed by atoms with Gasteiger partial charge in [0.2, 0.25) is 5.91 Å². The van der Waals surface area contributed by atoms with Crippen LogP contribution in [0, 0.1) is 41.4 Å². The van der Waals surface area contributed by atoms with E-state index in [1.807, 2.05) is 0 Å². The Labute approximate surface area is 71.6 Å². The highest BCUT2D eigenvalue weighted by atomic mass is 16.1. The van der Waals surface area contributed by atoms with Gasteiger partial charge in [-0.2, -0.15) is 5.26 Å². The van der Waals surface area contributed by atoms with Gasteiger partial charge in [0.25, 0.3) is 0 Å². The Morgan fingerprint density at radius 2 is 1.83 bits per heavy atom. The normalized spacial score (nSPS) is 9.08. The molecule has 0 aromatic heterocycles. The summed E-state index contributed by atoms with van der Waals surface area (Å²) < 4.78 is 0. The molecule has 3 nitrogen and oxygen atoms in total. The number of hydrogen-bond donors (Lipinski definition) is 1. The molecule has 0 fully saturated rings. The second-order valence-corrected chi connectivity index (χ2v) is 2.32. The number of amides is 1. The van der Waals surface area contributed by atoms with Crippen molar-refractivity contribution in [3.8, 4) is 30.8 Å². The van der Waals surface area contributed by atoms with Gasteiger partial charge in [0.05, 0.1) is 6.07 Å². The molecule has 60 valence electrons. The largest absolute Gasteiger partial charge is 0.368 e. The zero-order valence-corrected chi connectivity index (χ0v) is 6.50. The Morgan fingerprint density at radius 1 is 1.42 bits per heavy atom. The van der Waals surface area contributed by atoms with E-state index >= 15 is 0 Å². The molecule has 2 N–H and O–H groups in total. The number of terminal acetylenes is 2. The summed E-state index contributed by atoms with van der Waals surface area (Å²) in [6.45, 7) is 0. The maximum Gasteiger partial charge on any atom is 0.239 e. The van der Waals surface area contributed by atoms with Gasteiger partial charge in [-0.15, -0.1) is 24.7 Å². The third-order valence-corrected chi connectivity index (χ3v) is 1.49. The number of nitriles is 1. The molecule has 0 bridgehead atoms. The first-order valence-corrected chi connectivity index (χ1v) is 3.21. The third kappa shape index (κ3) is 1.78. The Hall–Kier alpha value is -1.92. The molecule has 1 amide bonds. The summed E-state index contributed by atoms with van der Waals surface area (Å²) in [4.78, 5) is 10.8. The lowest BCUT2D eigenvalue weighted by molar-refractivity contribution is -0.124. The molecular weight excluding hydrogens is 152 g/mol. The molecule has 0 radical (unpaired) electrons.